The Bertz CT molecular complexity index is 344. The van der Waals surface area contributed by atoms with E-state index in [9.17, 15) is 0 Å². The minimum atomic E-state index is 0.478. The second kappa shape index (κ2) is 5.78. The molecule has 5 heteroatoms. The van der Waals surface area contributed by atoms with Crippen molar-refractivity contribution in [2.24, 2.45) is 0 Å². The number of rotatable bonds is 4. The number of aromatic nitrogens is 2. The third kappa shape index (κ3) is 3.39. The van der Waals surface area contributed by atoms with Crippen molar-refractivity contribution in [1.82, 2.24) is 15.5 Å². The molecule has 1 aromatic rings. The average molecular weight is 254 g/mol. The smallest absolute Gasteiger partial charge is 0.208 e. The number of nitrogens with one attached hydrogen (secondary N) is 1. The summed E-state index contributed by atoms with van der Waals surface area (Å²) >= 11 is 1.69. The van der Waals surface area contributed by atoms with Gasteiger partial charge in [0.2, 0.25) is 5.13 Å². The molecular formula is C12H22N4S. The molecule has 1 aromatic heterocycles. The van der Waals surface area contributed by atoms with Crippen LogP contribution in [0.25, 0.3) is 0 Å². The van der Waals surface area contributed by atoms with Crippen molar-refractivity contribution in [3.63, 3.8) is 0 Å². The van der Waals surface area contributed by atoms with Gasteiger partial charge in [-0.05, 0) is 40.2 Å². The molecule has 1 saturated heterocycles. The summed E-state index contributed by atoms with van der Waals surface area (Å²) in [6.07, 6.45) is 3.94. The SMILES string of the molecule is Cc1nnc(N(CC2CCCCN2)C(C)C)s1. The lowest BCUT2D eigenvalue weighted by atomic mass is 10.0. The van der Waals surface area contributed by atoms with Crippen LogP contribution in [0.15, 0.2) is 0 Å². The van der Waals surface area contributed by atoms with Crippen LogP contribution in [0.1, 0.15) is 38.1 Å². The molecule has 0 bridgehead atoms. The van der Waals surface area contributed by atoms with E-state index in [0.29, 0.717) is 12.1 Å². The van der Waals surface area contributed by atoms with Gasteiger partial charge < -0.3 is 10.2 Å². The lowest BCUT2D eigenvalue weighted by molar-refractivity contribution is 0.393. The molecule has 0 saturated carbocycles. The van der Waals surface area contributed by atoms with Gasteiger partial charge in [-0.25, -0.2) is 0 Å². The highest BCUT2D eigenvalue weighted by atomic mass is 32.1. The molecular weight excluding hydrogens is 232 g/mol. The molecule has 17 heavy (non-hydrogen) atoms. The maximum atomic E-state index is 4.27. The summed E-state index contributed by atoms with van der Waals surface area (Å²) in [5, 5.41) is 14.1. The van der Waals surface area contributed by atoms with Gasteiger partial charge in [-0.1, -0.05) is 17.8 Å². The molecule has 0 radical (unpaired) electrons. The summed E-state index contributed by atoms with van der Waals surface area (Å²) in [5.74, 6) is 0. The minimum absolute atomic E-state index is 0.478. The molecule has 1 fully saturated rings. The van der Waals surface area contributed by atoms with Crippen molar-refractivity contribution in [3.8, 4) is 0 Å². The van der Waals surface area contributed by atoms with Crippen LogP contribution in [-0.2, 0) is 0 Å². The van der Waals surface area contributed by atoms with Crippen molar-refractivity contribution < 1.29 is 0 Å². The monoisotopic (exact) mass is 254 g/mol. The van der Waals surface area contributed by atoms with E-state index in [1.807, 2.05) is 6.92 Å². The number of hydrogen-bond acceptors (Lipinski definition) is 5. The fourth-order valence-electron chi connectivity index (χ4n) is 2.23. The van der Waals surface area contributed by atoms with E-state index < -0.39 is 0 Å². The van der Waals surface area contributed by atoms with E-state index in [2.05, 4.69) is 34.3 Å². The predicted octanol–water partition coefficient (Wildman–Crippen LogP) is 2.20. The highest BCUT2D eigenvalue weighted by Crippen LogP contribution is 2.23. The van der Waals surface area contributed by atoms with Crippen molar-refractivity contribution in [2.75, 3.05) is 18.0 Å². The lowest BCUT2D eigenvalue weighted by Crippen LogP contribution is -2.46. The summed E-state index contributed by atoms with van der Waals surface area (Å²) in [6, 6.07) is 1.08. The van der Waals surface area contributed by atoms with Crippen molar-refractivity contribution >= 4 is 16.5 Å². The molecule has 1 aliphatic rings. The van der Waals surface area contributed by atoms with Gasteiger partial charge in [-0.15, -0.1) is 10.2 Å². The number of anilines is 1. The maximum Gasteiger partial charge on any atom is 0.208 e. The molecule has 1 atom stereocenters. The van der Waals surface area contributed by atoms with Crippen LogP contribution in [0.3, 0.4) is 0 Å². The normalized spacial score (nSPS) is 20.8. The van der Waals surface area contributed by atoms with Crippen molar-refractivity contribution in [3.05, 3.63) is 5.01 Å². The van der Waals surface area contributed by atoms with Gasteiger partial charge in [0, 0.05) is 18.6 Å². The second-order valence-corrected chi connectivity index (χ2v) is 6.16. The lowest BCUT2D eigenvalue weighted by Gasteiger charge is -2.32. The molecule has 1 N–H and O–H groups in total. The molecule has 0 aromatic carbocycles. The summed E-state index contributed by atoms with van der Waals surface area (Å²) < 4.78 is 0. The van der Waals surface area contributed by atoms with Gasteiger partial charge in [0.1, 0.15) is 5.01 Å². The standard InChI is InChI=1S/C12H22N4S/c1-9(2)16(12-15-14-10(3)17-12)8-11-6-4-5-7-13-11/h9,11,13H,4-8H2,1-3H3. The van der Waals surface area contributed by atoms with Crippen LogP contribution in [0.4, 0.5) is 5.13 Å². The Labute approximate surface area is 107 Å². The first-order valence-electron chi connectivity index (χ1n) is 6.47. The van der Waals surface area contributed by atoms with Gasteiger partial charge >= 0.3 is 0 Å². The number of hydrogen-bond donors (Lipinski definition) is 1. The topological polar surface area (TPSA) is 41.1 Å². The first-order chi connectivity index (χ1) is 8.16. The van der Waals surface area contributed by atoms with Crippen LogP contribution in [0, 0.1) is 6.92 Å². The molecule has 1 unspecified atom stereocenters. The molecule has 96 valence electrons. The molecule has 2 heterocycles. The first-order valence-corrected chi connectivity index (χ1v) is 7.28. The molecule has 0 spiro atoms. The van der Waals surface area contributed by atoms with E-state index in [1.165, 1.54) is 19.3 Å². The minimum Gasteiger partial charge on any atom is -0.343 e. The Balaban J connectivity index is 2.01. The maximum absolute atomic E-state index is 4.27. The Hall–Kier alpha value is -0.680. The molecule has 4 nitrogen and oxygen atoms in total. The highest BCUT2D eigenvalue weighted by Gasteiger charge is 2.21. The second-order valence-electron chi connectivity index (χ2n) is 5.00. The van der Waals surface area contributed by atoms with Crippen LogP contribution in [0.5, 0.6) is 0 Å². The number of aryl methyl sites for hydroxylation is 1. The third-order valence-corrected chi connectivity index (χ3v) is 4.09. The van der Waals surface area contributed by atoms with Gasteiger partial charge in [-0.2, -0.15) is 0 Å². The van der Waals surface area contributed by atoms with E-state index in [4.69, 9.17) is 0 Å². The van der Waals surface area contributed by atoms with Gasteiger partial charge in [-0.3, -0.25) is 0 Å². The summed E-state index contributed by atoms with van der Waals surface area (Å²) in [5.41, 5.74) is 0. The molecule has 0 aliphatic carbocycles. The average Bonchev–Trinajstić information content (AvgIpc) is 2.73. The zero-order valence-corrected chi connectivity index (χ0v) is 11.8. The Morgan fingerprint density at radius 2 is 2.24 bits per heavy atom. The van der Waals surface area contributed by atoms with Crippen LogP contribution < -0.4 is 10.2 Å². The van der Waals surface area contributed by atoms with E-state index in [-0.39, 0.29) is 0 Å². The Morgan fingerprint density at radius 1 is 1.41 bits per heavy atom. The predicted molar refractivity (Wildman–Crippen MR) is 72.8 cm³/mol. The molecule has 2 rings (SSSR count). The van der Waals surface area contributed by atoms with Gasteiger partial charge in [0.05, 0.1) is 0 Å². The quantitative estimate of drug-likeness (QED) is 0.894. The number of piperidine rings is 1. The van der Waals surface area contributed by atoms with Crippen LogP contribution >= 0.6 is 11.3 Å². The zero-order chi connectivity index (χ0) is 12.3. The van der Waals surface area contributed by atoms with E-state index in [0.717, 1.165) is 23.2 Å². The fourth-order valence-corrected chi connectivity index (χ4v) is 3.06. The first kappa shape index (κ1) is 12.8. The van der Waals surface area contributed by atoms with E-state index in [1.54, 1.807) is 11.3 Å². The van der Waals surface area contributed by atoms with Crippen molar-refractivity contribution in [2.45, 2.75) is 52.1 Å². The molecule has 1 aliphatic heterocycles. The Kier molecular flexibility index (Phi) is 4.34. The third-order valence-electron chi connectivity index (χ3n) is 3.21. The summed E-state index contributed by atoms with van der Waals surface area (Å²) in [4.78, 5) is 2.37. The highest BCUT2D eigenvalue weighted by molar-refractivity contribution is 7.15. The van der Waals surface area contributed by atoms with Crippen LogP contribution in [-0.4, -0.2) is 35.4 Å². The van der Waals surface area contributed by atoms with Crippen LogP contribution in [0.2, 0.25) is 0 Å². The summed E-state index contributed by atoms with van der Waals surface area (Å²) in [7, 11) is 0. The largest absolute Gasteiger partial charge is 0.343 e. The van der Waals surface area contributed by atoms with Gasteiger partial charge in [0.15, 0.2) is 0 Å². The summed E-state index contributed by atoms with van der Waals surface area (Å²) in [6.45, 7) is 8.66. The van der Waals surface area contributed by atoms with Gasteiger partial charge in [0.25, 0.3) is 0 Å². The van der Waals surface area contributed by atoms with E-state index >= 15 is 0 Å². The number of nitrogens with zero attached hydrogens (tertiary/aromatic N) is 3. The van der Waals surface area contributed by atoms with Crippen molar-refractivity contribution in [1.29, 1.82) is 0 Å². The fraction of sp³-hybridized carbons (Fsp3) is 0.833. The Morgan fingerprint density at radius 3 is 2.76 bits per heavy atom. The zero-order valence-electron chi connectivity index (χ0n) is 10.9. The molecule has 0 amide bonds.